The number of rotatable bonds is 5. The third-order valence-corrected chi connectivity index (χ3v) is 2.92. The van der Waals surface area contributed by atoms with Crippen LogP contribution < -0.4 is 10.1 Å². The Hall–Kier alpha value is -1.01. The highest BCUT2D eigenvalue weighted by molar-refractivity contribution is 14.1. The summed E-state index contributed by atoms with van der Waals surface area (Å²) < 4.78 is 12.4. The van der Waals surface area contributed by atoms with Crippen molar-refractivity contribution in [2.45, 2.75) is 13.2 Å². The molecule has 0 unspecified atom stereocenters. The zero-order valence-electron chi connectivity index (χ0n) is 9.57. The Morgan fingerprint density at radius 3 is 2.82 bits per heavy atom. The Kier molecular flexibility index (Phi) is 4.44. The van der Waals surface area contributed by atoms with Crippen molar-refractivity contribution < 1.29 is 9.15 Å². The van der Waals surface area contributed by atoms with Crippen LogP contribution in [-0.2, 0) is 13.2 Å². The minimum absolute atomic E-state index is 0.462. The van der Waals surface area contributed by atoms with E-state index in [0.717, 1.165) is 27.4 Å². The Morgan fingerprint density at radius 1 is 1.24 bits per heavy atom. The van der Waals surface area contributed by atoms with Crippen molar-refractivity contribution in [3.05, 3.63) is 51.5 Å². The van der Waals surface area contributed by atoms with E-state index in [-0.39, 0.29) is 0 Å². The molecule has 90 valence electrons. The third-order valence-electron chi connectivity index (χ3n) is 2.25. The maximum Gasteiger partial charge on any atom is 0.146 e. The molecule has 0 atom stereocenters. The number of benzene rings is 1. The fraction of sp³-hybridized carbons (Fsp3) is 0.231. The number of hydrogen-bond donors (Lipinski definition) is 1. The Balaban J connectivity index is 1.93. The van der Waals surface area contributed by atoms with Gasteiger partial charge in [-0.1, -0.05) is 6.07 Å². The van der Waals surface area contributed by atoms with Gasteiger partial charge in [-0.05, 0) is 60.0 Å². The van der Waals surface area contributed by atoms with E-state index in [2.05, 4.69) is 27.9 Å². The molecule has 1 aromatic carbocycles. The molecule has 2 aromatic rings. The molecule has 4 heteroatoms. The molecule has 0 aliphatic carbocycles. The molecule has 0 aliphatic rings. The molecule has 1 heterocycles. The van der Waals surface area contributed by atoms with Crippen LogP contribution in [0.5, 0.6) is 5.75 Å². The summed E-state index contributed by atoms with van der Waals surface area (Å²) >= 11 is 2.26. The number of halogens is 1. The number of furan rings is 1. The van der Waals surface area contributed by atoms with E-state index in [4.69, 9.17) is 9.15 Å². The molecule has 0 spiro atoms. The van der Waals surface area contributed by atoms with E-state index in [9.17, 15) is 0 Å². The van der Waals surface area contributed by atoms with E-state index in [1.807, 2.05) is 43.4 Å². The van der Waals surface area contributed by atoms with Gasteiger partial charge in [0, 0.05) is 3.57 Å². The number of ether oxygens (including phenoxy) is 1. The molecule has 2 rings (SSSR count). The van der Waals surface area contributed by atoms with E-state index in [0.29, 0.717) is 6.61 Å². The smallest absolute Gasteiger partial charge is 0.146 e. The molecule has 0 amide bonds. The molecule has 0 aliphatic heterocycles. The Labute approximate surface area is 114 Å². The van der Waals surface area contributed by atoms with Crippen molar-refractivity contribution in [1.29, 1.82) is 0 Å². The first-order chi connectivity index (χ1) is 8.28. The van der Waals surface area contributed by atoms with E-state index in [1.54, 1.807) is 0 Å². The topological polar surface area (TPSA) is 34.4 Å². The SMILES string of the molecule is CNCc1ccc(COc2cccc(I)c2)o1. The van der Waals surface area contributed by atoms with Crippen LogP contribution in [0.2, 0.25) is 0 Å². The average molecular weight is 343 g/mol. The van der Waals surface area contributed by atoms with Crippen LogP contribution in [0.4, 0.5) is 0 Å². The van der Waals surface area contributed by atoms with Crippen LogP contribution in [0.15, 0.2) is 40.8 Å². The van der Waals surface area contributed by atoms with E-state index >= 15 is 0 Å². The van der Waals surface area contributed by atoms with Crippen LogP contribution in [0.3, 0.4) is 0 Å². The van der Waals surface area contributed by atoms with Crippen LogP contribution in [0.25, 0.3) is 0 Å². The van der Waals surface area contributed by atoms with Gasteiger partial charge in [-0.2, -0.15) is 0 Å². The summed E-state index contributed by atoms with van der Waals surface area (Å²) in [6.45, 7) is 1.20. The summed E-state index contributed by atoms with van der Waals surface area (Å²) in [7, 11) is 1.89. The molecule has 0 saturated carbocycles. The van der Waals surface area contributed by atoms with Gasteiger partial charge in [0.15, 0.2) is 0 Å². The molecule has 0 radical (unpaired) electrons. The monoisotopic (exact) mass is 343 g/mol. The third kappa shape index (κ3) is 3.74. The molecular weight excluding hydrogens is 329 g/mol. The lowest BCUT2D eigenvalue weighted by atomic mass is 10.3. The summed E-state index contributed by atoms with van der Waals surface area (Å²) in [5, 5.41) is 3.04. The molecule has 0 bridgehead atoms. The predicted octanol–water partition coefficient (Wildman–Crippen LogP) is 3.18. The van der Waals surface area contributed by atoms with Gasteiger partial charge in [-0.25, -0.2) is 0 Å². The zero-order chi connectivity index (χ0) is 12.1. The molecule has 0 saturated heterocycles. The van der Waals surface area contributed by atoms with Gasteiger partial charge in [0.2, 0.25) is 0 Å². The second kappa shape index (κ2) is 6.07. The van der Waals surface area contributed by atoms with Crippen LogP contribution >= 0.6 is 22.6 Å². The van der Waals surface area contributed by atoms with Gasteiger partial charge in [0.1, 0.15) is 23.9 Å². The summed E-state index contributed by atoms with van der Waals surface area (Å²) in [5.74, 6) is 2.63. The normalized spacial score (nSPS) is 10.5. The molecule has 0 fully saturated rings. The fourth-order valence-electron chi connectivity index (χ4n) is 1.48. The number of nitrogens with one attached hydrogen (secondary N) is 1. The van der Waals surface area contributed by atoms with Crippen molar-refractivity contribution in [2.24, 2.45) is 0 Å². The van der Waals surface area contributed by atoms with E-state index < -0.39 is 0 Å². The highest BCUT2D eigenvalue weighted by Gasteiger charge is 2.02. The fourth-order valence-corrected chi connectivity index (χ4v) is 1.99. The van der Waals surface area contributed by atoms with Gasteiger partial charge < -0.3 is 14.5 Å². The van der Waals surface area contributed by atoms with Gasteiger partial charge >= 0.3 is 0 Å². The molecule has 3 nitrogen and oxygen atoms in total. The summed E-state index contributed by atoms with van der Waals surface area (Å²) in [6, 6.07) is 11.9. The molecule has 17 heavy (non-hydrogen) atoms. The lowest BCUT2D eigenvalue weighted by molar-refractivity contribution is 0.265. The second-order valence-electron chi connectivity index (χ2n) is 3.64. The second-order valence-corrected chi connectivity index (χ2v) is 4.89. The molecule has 1 N–H and O–H groups in total. The van der Waals surface area contributed by atoms with Gasteiger partial charge in [-0.3, -0.25) is 0 Å². The first-order valence-corrected chi connectivity index (χ1v) is 6.46. The average Bonchev–Trinajstić information content (AvgIpc) is 2.75. The molecule has 1 aromatic heterocycles. The lowest BCUT2D eigenvalue weighted by Crippen LogP contribution is -2.03. The standard InChI is InChI=1S/C13H14INO2/c1-15-8-12-5-6-13(17-12)9-16-11-4-2-3-10(14)7-11/h2-7,15H,8-9H2,1H3. The van der Waals surface area contributed by atoms with Crippen molar-refractivity contribution in [3.8, 4) is 5.75 Å². The zero-order valence-corrected chi connectivity index (χ0v) is 11.7. The summed E-state index contributed by atoms with van der Waals surface area (Å²) in [6.07, 6.45) is 0. The van der Waals surface area contributed by atoms with Gasteiger partial charge in [-0.15, -0.1) is 0 Å². The lowest BCUT2D eigenvalue weighted by Gasteiger charge is -2.04. The highest BCUT2D eigenvalue weighted by Crippen LogP contribution is 2.17. The Morgan fingerprint density at radius 2 is 2.06 bits per heavy atom. The first kappa shape index (κ1) is 12.4. The van der Waals surface area contributed by atoms with Crippen molar-refractivity contribution in [2.75, 3.05) is 7.05 Å². The largest absolute Gasteiger partial charge is 0.486 e. The summed E-state index contributed by atoms with van der Waals surface area (Å²) in [4.78, 5) is 0. The van der Waals surface area contributed by atoms with Crippen molar-refractivity contribution in [1.82, 2.24) is 5.32 Å². The maximum absolute atomic E-state index is 5.65. The number of hydrogen-bond acceptors (Lipinski definition) is 3. The minimum Gasteiger partial charge on any atom is -0.486 e. The predicted molar refractivity (Wildman–Crippen MR) is 75.0 cm³/mol. The summed E-state index contributed by atoms with van der Waals surface area (Å²) in [5.41, 5.74) is 0. The molecular formula is C13H14INO2. The van der Waals surface area contributed by atoms with Crippen LogP contribution in [0.1, 0.15) is 11.5 Å². The van der Waals surface area contributed by atoms with Gasteiger partial charge in [0.25, 0.3) is 0 Å². The minimum atomic E-state index is 0.462. The highest BCUT2D eigenvalue weighted by atomic mass is 127. The van der Waals surface area contributed by atoms with Crippen LogP contribution in [0, 0.1) is 3.57 Å². The van der Waals surface area contributed by atoms with Crippen molar-refractivity contribution >= 4 is 22.6 Å². The Bertz CT molecular complexity index is 482. The van der Waals surface area contributed by atoms with E-state index in [1.165, 1.54) is 0 Å². The maximum atomic E-state index is 5.65. The van der Waals surface area contributed by atoms with Gasteiger partial charge in [0.05, 0.1) is 6.54 Å². The quantitative estimate of drug-likeness (QED) is 0.847. The first-order valence-electron chi connectivity index (χ1n) is 5.38. The van der Waals surface area contributed by atoms with Crippen LogP contribution in [-0.4, -0.2) is 7.05 Å². The van der Waals surface area contributed by atoms with Crippen molar-refractivity contribution in [3.63, 3.8) is 0 Å².